The summed E-state index contributed by atoms with van der Waals surface area (Å²) in [5.41, 5.74) is 5.93. The van der Waals surface area contributed by atoms with Gasteiger partial charge in [0.25, 0.3) is 0 Å². The van der Waals surface area contributed by atoms with E-state index in [9.17, 15) is 0 Å². The first-order valence-corrected chi connectivity index (χ1v) is 10.0. The van der Waals surface area contributed by atoms with E-state index >= 15 is 0 Å². The van der Waals surface area contributed by atoms with Gasteiger partial charge in [-0.25, -0.2) is 0 Å². The molecule has 0 N–H and O–H groups in total. The monoisotopic (exact) mass is 347 g/mol. The largest absolute Gasteiger partial charge is 0.298 e. The Kier molecular flexibility index (Phi) is 5.67. The molecule has 2 aromatic rings. The number of fused-ring (bicyclic) bond motifs is 1. The molecule has 0 spiro atoms. The predicted molar refractivity (Wildman–Crippen MR) is 114 cm³/mol. The Morgan fingerprint density at radius 3 is 2.19 bits per heavy atom. The van der Waals surface area contributed by atoms with Crippen LogP contribution in [-0.4, -0.2) is 23.5 Å². The Bertz CT molecular complexity index is 749. The minimum absolute atomic E-state index is 0.0748. The fourth-order valence-corrected chi connectivity index (χ4v) is 4.58. The SMILES string of the molecule is CC(C)N(CC/C=C1/c2ccccc2CC1(C)c1ccccc1)C(C)C. The van der Waals surface area contributed by atoms with Gasteiger partial charge in [0.15, 0.2) is 0 Å². The fourth-order valence-electron chi connectivity index (χ4n) is 4.58. The van der Waals surface area contributed by atoms with Crippen molar-refractivity contribution in [2.45, 2.75) is 65.0 Å². The lowest BCUT2D eigenvalue weighted by atomic mass is 9.76. The molecular formula is C25H33N. The molecule has 0 saturated carbocycles. The molecular weight excluding hydrogens is 314 g/mol. The molecule has 1 aliphatic carbocycles. The molecule has 0 bridgehead atoms. The number of hydrogen-bond acceptors (Lipinski definition) is 1. The summed E-state index contributed by atoms with van der Waals surface area (Å²) in [6.07, 6.45) is 4.70. The van der Waals surface area contributed by atoms with Crippen LogP contribution in [0.15, 0.2) is 60.7 Å². The lowest BCUT2D eigenvalue weighted by molar-refractivity contribution is 0.178. The van der Waals surface area contributed by atoms with Gasteiger partial charge in [0, 0.05) is 24.0 Å². The van der Waals surface area contributed by atoms with E-state index in [1.165, 1.54) is 22.3 Å². The van der Waals surface area contributed by atoms with Crippen molar-refractivity contribution >= 4 is 5.57 Å². The molecule has 0 radical (unpaired) electrons. The summed E-state index contributed by atoms with van der Waals surface area (Å²) in [7, 11) is 0. The smallest absolute Gasteiger partial charge is 0.0218 e. The van der Waals surface area contributed by atoms with E-state index in [0.717, 1.165) is 19.4 Å². The molecule has 0 aromatic heterocycles. The molecule has 0 fully saturated rings. The molecule has 1 unspecified atom stereocenters. The van der Waals surface area contributed by atoms with Crippen molar-refractivity contribution in [3.63, 3.8) is 0 Å². The van der Waals surface area contributed by atoms with Crippen LogP contribution in [0.3, 0.4) is 0 Å². The first-order chi connectivity index (χ1) is 12.4. The number of allylic oxidation sites excluding steroid dienone is 1. The third-order valence-corrected chi connectivity index (χ3v) is 5.92. The maximum absolute atomic E-state index is 2.58. The molecule has 0 aliphatic heterocycles. The second-order valence-corrected chi connectivity index (χ2v) is 8.36. The second kappa shape index (κ2) is 7.80. The van der Waals surface area contributed by atoms with E-state index < -0.39 is 0 Å². The Hall–Kier alpha value is -1.86. The van der Waals surface area contributed by atoms with Crippen molar-refractivity contribution in [1.29, 1.82) is 0 Å². The molecule has 26 heavy (non-hydrogen) atoms. The highest BCUT2D eigenvalue weighted by Crippen LogP contribution is 2.48. The normalized spacial score (nSPS) is 21.2. The highest BCUT2D eigenvalue weighted by atomic mass is 15.2. The zero-order valence-electron chi connectivity index (χ0n) is 17.0. The average Bonchev–Trinajstić information content (AvgIpc) is 2.91. The molecule has 0 amide bonds. The van der Waals surface area contributed by atoms with Crippen LogP contribution in [-0.2, 0) is 11.8 Å². The number of benzene rings is 2. The molecule has 0 heterocycles. The van der Waals surface area contributed by atoms with E-state index in [4.69, 9.17) is 0 Å². The van der Waals surface area contributed by atoms with Crippen molar-refractivity contribution < 1.29 is 0 Å². The van der Waals surface area contributed by atoms with Crippen molar-refractivity contribution in [2.24, 2.45) is 0 Å². The highest BCUT2D eigenvalue weighted by Gasteiger charge is 2.38. The third-order valence-electron chi connectivity index (χ3n) is 5.92. The minimum atomic E-state index is 0.0748. The number of rotatable bonds is 6. The first kappa shape index (κ1) is 18.9. The molecule has 1 aliphatic rings. The Morgan fingerprint density at radius 2 is 1.54 bits per heavy atom. The standard InChI is InChI=1S/C25H33N/c1-19(2)26(20(3)4)17-11-16-24-23-15-10-9-12-21(23)18-25(24,5)22-13-7-6-8-14-22/h6-10,12-16,19-20H,11,17-18H2,1-5H3/b24-16-. The number of hydrogen-bond donors (Lipinski definition) is 0. The van der Waals surface area contributed by atoms with E-state index in [1.54, 1.807) is 0 Å². The van der Waals surface area contributed by atoms with E-state index in [1.807, 2.05) is 0 Å². The Labute approximate surface area is 159 Å². The zero-order valence-corrected chi connectivity index (χ0v) is 17.0. The highest BCUT2D eigenvalue weighted by molar-refractivity contribution is 5.81. The fraction of sp³-hybridized carbons (Fsp3) is 0.440. The zero-order chi connectivity index (χ0) is 18.7. The maximum Gasteiger partial charge on any atom is 0.0218 e. The van der Waals surface area contributed by atoms with Gasteiger partial charge in [-0.05, 0) is 62.8 Å². The van der Waals surface area contributed by atoms with Crippen LogP contribution in [0.25, 0.3) is 5.57 Å². The van der Waals surface area contributed by atoms with E-state index in [2.05, 4.69) is 100 Å². The number of nitrogens with zero attached hydrogens (tertiary/aromatic N) is 1. The quantitative estimate of drug-likeness (QED) is 0.611. The van der Waals surface area contributed by atoms with Crippen molar-refractivity contribution in [2.75, 3.05) is 6.54 Å². The first-order valence-electron chi connectivity index (χ1n) is 10.0. The van der Waals surface area contributed by atoms with Gasteiger partial charge in [0.2, 0.25) is 0 Å². The Balaban J connectivity index is 1.92. The van der Waals surface area contributed by atoms with Crippen molar-refractivity contribution in [3.05, 3.63) is 77.4 Å². The van der Waals surface area contributed by atoms with Crippen LogP contribution in [0, 0.1) is 0 Å². The third kappa shape index (κ3) is 3.64. The van der Waals surface area contributed by atoms with Crippen molar-refractivity contribution in [1.82, 2.24) is 4.90 Å². The van der Waals surface area contributed by atoms with Crippen LogP contribution in [0.1, 0.15) is 57.7 Å². The van der Waals surface area contributed by atoms with Crippen LogP contribution in [0.5, 0.6) is 0 Å². The summed E-state index contributed by atoms with van der Waals surface area (Å²) in [4.78, 5) is 2.58. The maximum atomic E-state index is 2.58. The molecule has 3 rings (SSSR count). The summed E-state index contributed by atoms with van der Waals surface area (Å²) in [5, 5.41) is 0. The summed E-state index contributed by atoms with van der Waals surface area (Å²) < 4.78 is 0. The van der Waals surface area contributed by atoms with Gasteiger partial charge < -0.3 is 0 Å². The minimum Gasteiger partial charge on any atom is -0.298 e. The average molecular weight is 348 g/mol. The van der Waals surface area contributed by atoms with Gasteiger partial charge in [-0.2, -0.15) is 0 Å². The summed E-state index contributed by atoms with van der Waals surface area (Å²) in [6, 6.07) is 21.1. The molecule has 1 heteroatoms. The predicted octanol–water partition coefficient (Wildman–Crippen LogP) is 6.09. The molecule has 1 atom stereocenters. The van der Waals surface area contributed by atoms with Crippen LogP contribution in [0.2, 0.25) is 0 Å². The molecule has 2 aromatic carbocycles. The van der Waals surface area contributed by atoms with E-state index in [-0.39, 0.29) is 5.41 Å². The van der Waals surface area contributed by atoms with Crippen molar-refractivity contribution in [3.8, 4) is 0 Å². The summed E-state index contributed by atoms with van der Waals surface area (Å²) in [5.74, 6) is 0. The van der Waals surface area contributed by atoms with Gasteiger partial charge in [-0.1, -0.05) is 67.6 Å². The van der Waals surface area contributed by atoms with Crippen LogP contribution >= 0.6 is 0 Å². The molecule has 0 saturated heterocycles. The van der Waals surface area contributed by atoms with Gasteiger partial charge in [0.1, 0.15) is 0 Å². The van der Waals surface area contributed by atoms with Gasteiger partial charge >= 0.3 is 0 Å². The lowest BCUT2D eigenvalue weighted by Gasteiger charge is -2.31. The summed E-state index contributed by atoms with van der Waals surface area (Å²) in [6.45, 7) is 12.7. The van der Waals surface area contributed by atoms with E-state index in [0.29, 0.717) is 12.1 Å². The van der Waals surface area contributed by atoms with Gasteiger partial charge in [0.05, 0.1) is 0 Å². The van der Waals surface area contributed by atoms with Crippen LogP contribution < -0.4 is 0 Å². The van der Waals surface area contributed by atoms with Gasteiger partial charge in [-0.3, -0.25) is 4.90 Å². The molecule has 1 nitrogen and oxygen atoms in total. The lowest BCUT2D eigenvalue weighted by Crippen LogP contribution is -2.37. The van der Waals surface area contributed by atoms with Crippen LogP contribution in [0.4, 0.5) is 0 Å². The molecule has 138 valence electrons. The summed E-state index contributed by atoms with van der Waals surface area (Å²) >= 11 is 0. The topological polar surface area (TPSA) is 3.24 Å². The van der Waals surface area contributed by atoms with Gasteiger partial charge in [-0.15, -0.1) is 0 Å². The second-order valence-electron chi connectivity index (χ2n) is 8.36. The Morgan fingerprint density at radius 1 is 0.923 bits per heavy atom.